The van der Waals surface area contributed by atoms with Crippen LogP contribution in [0, 0.1) is 0 Å². The van der Waals surface area contributed by atoms with Crippen molar-refractivity contribution < 1.29 is 9.52 Å². The normalized spacial score (nSPS) is 10.6. The highest BCUT2D eigenvalue weighted by Crippen LogP contribution is 2.22. The number of hydrogen-bond donors (Lipinski definition) is 1. The Kier molecular flexibility index (Phi) is 1.42. The van der Waals surface area contributed by atoms with E-state index in [0.717, 1.165) is 0 Å². The van der Waals surface area contributed by atoms with Crippen LogP contribution in [-0.4, -0.2) is 10.1 Å². The molecule has 0 aliphatic carbocycles. The predicted molar refractivity (Wildman–Crippen MR) is 32.3 cm³/mol. The molecule has 0 amide bonds. The van der Waals surface area contributed by atoms with Gasteiger partial charge in [-0.15, -0.1) is 0 Å². The van der Waals surface area contributed by atoms with Crippen LogP contribution in [0.4, 0.5) is 0 Å². The third-order valence-electron chi connectivity index (χ3n) is 1.10. The van der Waals surface area contributed by atoms with Crippen molar-refractivity contribution in [2.24, 2.45) is 0 Å². The van der Waals surface area contributed by atoms with Gasteiger partial charge < -0.3 is 9.52 Å². The van der Waals surface area contributed by atoms with Crippen LogP contribution in [0.15, 0.2) is 10.8 Å². The average molecular weight is 127 g/mol. The Morgan fingerprint density at radius 2 is 2.33 bits per heavy atom. The molecule has 0 aromatic carbocycles. The van der Waals surface area contributed by atoms with Gasteiger partial charge in [-0.1, -0.05) is 13.8 Å². The van der Waals surface area contributed by atoms with E-state index in [2.05, 4.69) is 4.98 Å². The lowest BCUT2D eigenvalue weighted by Crippen LogP contribution is -1.82. The lowest BCUT2D eigenvalue weighted by molar-refractivity contribution is 0.415. The Hall–Kier alpha value is -0.990. The zero-order valence-corrected chi connectivity index (χ0v) is 5.46. The molecule has 0 saturated heterocycles. The molecule has 0 aliphatic rings. The van der Waals surface area contributed by atoms with E-state index in [9.17, 15) is 0 Å². The van der Waals surface area contributed by atoms with Crippen LogP contribution in [0.1, 0.15) is 25.5 Å². The highest BCUT2D eigenvalue weighted by molar-refractivity contribution is 5.15. The Morgan fingerprint density at radius 1 is 1.67 bits per heavy atom. The number of rotatable bonds is 1. The number of nitrogens with zero attached hydrogens (tertiary/aromatic N) is 1. The van der Waals surface area contributed by atoms with Crippen molar-refractivity contribution in [2.75, 3.05) is 0 Å². The summed E-state index contributed by atoms with van der Waals surface area (Å²) in [5, 5.41) is 8.92. The summed E-state index contributed by atoms with van der Waals surface area (Å²) < 4.78 is 4.86. The van der Waals surface area contributed by atoms with E-state index in [4.69, 9.17) is 9.52 Å². The standard InChI is InChI=1S/C6H9NO2/c1-4(2)5-6(8)7-3-9-5/h3-4,8H,1-2H3. The van der Waals surface area contributed by atoms with Crippen LogP contribution in [0.5, 0.6) is 5.88 Å². The zero-order valence-electron chi connectivity index (χ0n) is 5.46. The Balaban J connectivity index is 2.94. The smallest absolute Gasteiger partial charge is 0.253 e. The first-order valence-corrected chi connectivity index (χ1v) is 2.84. The summed E-state index contributed by atoms with van der Waals surface area (Å²) in [5.41, 5.74) is 0. The quantitative estimate of drug-likeness (QED) is 0.621. The molecule has 0 fully saturated rings. The second-order valence-corrected chi connectivity index (χ2v) is 2.19. The van der Waals surface area contributed by atoms with Gasteiger partial charge in [0.15, 0.2) is 12.2 Å². The summed E-state index contributed by atoms with van der Waals surface area (Å²) >= 11 is 0. The molecule has 3 heteroatoms. The highest BCUT2D eigenvalue weighted by atomic mass is 16.4. The fourth-order valence-corrected chi connectivity index (χ4v) is 0.644. The van der Waals surface area contributed by atoms with Gasteiger partial charge in [0.05, 0.1) is 0 Å². The van der Waals surface area contributed by atoms with Crippen molar-refractivity contribution in [1.82, 2.24) is 4.98 Å². The molecule has 1 rings (SSSR count). The van der Waals surface area contributed by atoms with Gasteiger partial charge in [0.2, 0.25) is 0 Å². The number of aromatic hydroxyl groups is 1. The lowest BCUT2D eigenvalue weighted by Gasteiger charge is -1.96. The average Bonchev–Trinajstić information content (AvgIpc) is 2.13. The molecular formula is C6H9NO2. The minimum absolute atomic E-state index is 0.00463. The van der Waals surface area contributed by atoms with Crippen molar-refractivity contribution >= 4 is 0 Å². The van der Waals surface area contributed by atoms with Gasteiger partial charge in [-0.2, -0.15) is 4.98 Å². The molecule has 0 saturated carbocycles. The van der Waals surface area contributed by atoms with Crippen LogP contribution in [0.3, 0.4) is 0 Å². The van der Waals surface area contributed by atoms with Crippen molar-refractivity contribution in [1.29, 1.82) is 0 Å². The number of aromatic nitrogens is 1. The van der Waals surface area contributed by atoms with E-state index >= 15 is 0 Å². The van der Waals surface area contributed by atoms with Crippen LogP contribution in [-0.2, 0) is 0 Å². The molecule has 3 nitrogen and oxygen atoms in total. The molecule has 9 heavy (non-hydrogen) atoms. The van der Waals surface area contributed by atoms with Crippen molar-refractivity contribution in [3.05, 3.63) is 12.2 Å². The third kappa shape index (κ3) is 1.04. The van der Waals surface area contributed by atoms with Crippen molar-refractivity contribution in [2.45, 2.75) is 19.8 Å². The van der Waals surface area contributed by atoms with E-state index in [1.54, 1.807) is 0 Å². The highest BCUT2D eigenvalue weighted by Gasteiger charge is 2.09. The van der Waals surface area contributed by atoms with Gasteiger partial charge in [-0.3, -0.25) is 0 Å². The van der Waals surface area contributed by atoms with Gasteiger partial charge in [0, 0.05) is 5.92 Å². The van der Waals surface area contributed by atoms with Gasteiger partial charge in [0.25, 0.3) is 5.88 Å². The van der Waals surface area contributed by atoms with Gasteiger partial charge in [-0.05, 0) is 0 Å². The SMILES string of the molecule is CC(C)c1ocnc1O. The summed E-state index contributed by atoms with van der Waals surface area (Å²) in [6.45, 7) is 3.86. The Bertz CT molecular complexity index is 193. The fraction of sp³-hybridized carbons (Fsp3) is 0.500. The molecule has 0 bridgehead atoms. The summed E-state index contributed by atoms with van der Waals surface area (Å²) in [7, 11) is 0. The van der Waals surface area contributed by atoms with Crippen molar-refractivity contribution in [3.63, 3.8) is 0 Å². The molecule has 1 N–H and O–H groups in total. The van der Waals surface area contributed by atoms with E-state index in [0.29, 0.717) is 5.76 Å². The maximum atomic E-state index is 8.92. The molecule has 0 radical (unpaired) electrons. The van der Waals surface area contributed by atoms with Crippen LogP contribution < -0.4 is 0 Å². The summed E-state index contributed by atoms with van der Waals surface area (Å²) in [6.07, 6.45) is 1.24. The maximum absolute atomic E-state index is 8.92. The van der Waals surface area contributed by atoms with Gasteiger partial charge >= 0.3 is 0 Å². The molecule has 0 aliphatic heterocycles. The third-order valence-corrected chi connectivity index (χ3v) is 1.10. The van der Waals surface area contributed by atoms with E-state index < -0.39 is 0 Å². The lowest BCUT2D eigenvalue weighted by atomic mass is 10.2. The zero-order chi connectivity index (χ0) is 6.85. The fourth-order valence-electron chi connectivity index (χ4n) is 0.644. The molecule has 50 valence electrons. The first-order valence-electron chi connectivity index (χ1n) is 2.84. The van der Waals surface area contributed by atoms with Crippen LogP contribution in [0.2, 0.25) is 0 Å². The second-order valence-electron chi connectivity index (χ2n) is 2.19. The predicted octanol–water partition coefficient (Wildman–Crippen LogP) is 1.50. The first kappa shape index (κ1) is 6.13. The molecule has 0 unspecified atom stereocenters. The summed E-state index contributed by atoms with van der Waals surface area (Å²) in [5.74, 6) is 0.757. The molecule has 1 heterocycles. The van der Waals surface area contributed by atoms with Crippen LogP contribution in [0.25, 0.3) is 0 Å². The number of hydrogen-bond acceptors (Lipinski definition) is 3. The minimum Gasteiger partial charge on any atom is -0.491 e. The Labute approximate surface area is 53.3 Å². The van der Waals surface area contributed by atoms with Crippen molar-refractivity contribution in [3.8, 4) is 5.88 Å². The van der Waals surface area contributed by atoms with E-state index in [1.165, 1.54) is 6.39 Å². The molecule has 1 aromatic rings. The van der Waals surface area contributed by atoms with Gasteiger partial charge in [0.1, 0.15) is 0 Å². The van der Waals surface area contributed by atoms with E-state index in [-0.39, 0.29) is 11.8 Å². The maximum Gasteiger partial charge on any atom is 0.253 e. The minimum atomic E-state index is 0.00463. The Morgan fingerprint density at radius 3 is 2.56 bits per heavy atom. The number of oxazole rings is 1. The summed E-state index contributed by atoms with van der Waals surface area (Å²) in [6, 6.07) is 0. The largest absolute Gasteiger partial charge is 0.491 e. The second kappa shape index (κ2) is 2.09. The first-order chi connectivity index (χ1) is 4.22. The molecule has 0 atom stereocenters. The molecule has 0 spiro atoms. The van der Waals surface area contributed by atoms with E-state index in [1.807, 2.05) is 13.8 Å². The monoisotopic (exact) mass is 127 g/mol. The topological polar surface area (TPSA) is 46.3 Å². The molecule has 1 aromatic heterocycles. The molecular weight excluding hydrogens is 118 g/mol. The summed E-state index contributed by atoms with van der Waals surface area (Å²) in [4.78, 5) is 3.53. The van der Waals surface area contributed by atoms with Gasteiger partial charge in [-0.25, -0.2) is 0 Å². The van der Waals surface area contributed by atoms with Crippen LogP contribution >= 0.6 is 0 Å².